The summed E-state index contributed by atoms with van der Waals surface area (Å²) >= 11 is 0. The van der Waals surface area contributed by atoms with Crippen LogP contribution in [0.1, 0.15) is 51.2 Å². The van der Waals surface area contributed by atoms with Crippen LogP contribution in [0.3, 0.4) is 0 Å². The zero-order chi connectivity index (χ0) is 22.6. The Bertz CT molecular complexity index is 1220. The van der Waals surface area contributed by atoms with Crippen LogP contribution in [0, 0.1) is 13.8 Å². The van der Waals surface area contributed by atoms with Gasteiger partial charge in [0, 0.05) is 0 Å². The molecule has 5 nitrogen and oxygen atoms in total. The average molecular weight is 440 g/mol. The van der Waals surface area contributed by atoms with Gasteiger partial charge >= 0.3 is 5.97 Å². The first-order valence-corrected chi connectivity index (χ1v) is 11.2. The van der Waals surface area contributed by atoms with Gasteiger partial charge < -0.3 is 18.9 Å². The number of benzene rings is 3. The molecule has 0 N–H and O–H groups in total. The predicted octanol–water partition coefficient (Wildman–Crippen LogP) is 5.73. The number of hydrogen-bond donors (Lipinski definition) is 0. The summed E-state index contributed by atoms with van der Waals surface area (Å²) in [5.41, 5.74) is 5.36. The lowest BCUT2D eigenvalue weighted by Gasteiger charge is -2.37. The van der Waals surface area contributed by atoms with Crippen LogP contribution in [0.15, 0.2) is 84.6 Å². The molecule has 33 heavy (non-hydrogen) atoms. The Morgan fingerprint density at radius 1 is 0.788 bits per heavy atom. The van der Waals surface area contributed by atoms with E-state index in [9.17, 15) is 4.79 Å². The van der Waals surface area contributed by atoms with E-state index < -0.39 is 12.1 Å². The second-order valence-electron chi connectivity index (χ2n) is 8.80. The lowest BCUT2D eigenvalue weighted by molar-refractivity contribution is -0.334. The van der Waals surface area contributed by atoms with Gasteiger partial charge in [0.2, 0.25) is 0 Å². The largest absolute Gasteiger partial charge is 0.484 e. The number of hydrogen-bond acceptors (Lipinski definition) is 5. The van der Waals surface area contributed by atoms with Gasteiger partial charge in [-0.15, -0.1) is 0 Å². The maximum absolute atomic E-state index is 13.0. The molecule has 1 fully saturated rings. The maximum atomic E-state index is 13.0. The number of carbonyl (C=O) groups is 1. The number of para-hydroxylation sites is 1. The van der Waals surface area contributed by atoms with Crippen LogP contribution in [0.5, 0.6) is 5.75 Å². The maximum Gasteiger partial charge on any atom is 0.331 e. The summed E-state index contributed by atoms with van der Waals surface area (Å²) in [6.45, 7) is 4.14. The second-order valence-corrected chi connectivity index (χ2v) is 8.80. The number of aryl methyl sites for hydroxylation is 2. The molecule has 0 bridgehead atoms. The summed E-state index contributed by atoms with van der Waals surface area (Å²) in [5.74, 6) is -0.855. The average Bonchev–Trinajstić information content (AvgIpc) is 3.18. The molecule has 0 aromatic heterocycles. The first-order valence-electron chi connectivity index (χ1n) is 11.2. The molecule has 3 heterocycles. The van der Waals surface area contributed by atoms with E-state index in [1.807, 2.05) is 42.5 Å². The molecule has 1 saturated heterocycles. The standard InChI is InChI=1S/C28H24O5/c1-17-9-3-5-11-19(17)26-27(20-12-6-4-10-18(20)2)33-28(32-26)15-24-22(16-30-28)25(29)21-13-7-8-14-23(21)31-24/h3-14,16,24,26-27H,15H2,1-2H3/t24-,26+,27+/m1/s1. The predicted molar refractivity (Wildman–Crippen MR) is 122 cm³/mol. The Kier molecular flexibility index (Phi) is 4.64. The topological polar surface area (TPSA) is 54.0 Å². The fraction of sp³-hybridized carbons (Fsp3) is 0.250. The second kappa shape index (κ2) is 7.58. The van der Waals surface area contributed by atoms with E-state index in [1.54, 1.807) is 6.07 Å². The lowest BCUT2D eigenvalue weighted by atomic mass is 9.92. The van der Waals surface area contributed by atoms with Crippen molar-refractivity contribution >= 4 is 5.78 Å². The zero-order valence-electron chi connectivity index (χ0n) is 18.5. The van der Waals surface area contributed by atoms with Crippen molar-refractivity contribution in [3.63, 3.8) is 0 Å². The van der Waals surface area contributed by atoms with E-state index in [0.717, 1.165) is 22.3 Å². The minimum atomic E-state index is -1.35. The van der Waals surface area contributed by atoms with Crippen molar-refractivity contribution in [3.05, 3.63) is 112 Å². The highest BCUT2D eigenvalue weighted by molar-refractivity contribution is 6.12. The molecule has 0 saturated carbocycles. The van der Waals surface area contributed by atoms with E-state index in [1.165, 1.54) is 6.26 Å². The molecule has 5 heteroatoms. The van der Waals surface area contributed by atoms with Crippen molar-refractivity contribution in [1.29, 1.82) is 0 Å². The lowest BCUT2D eigenvalue weighted by Crippen LogP contribution is -2.45. The fourth-order valence-corrected chi connectivity index (χ4v) is 4.94. The summed E-state index contributed by atoms with van der Waals surface area (Å²) in [6.07, 6.45) is 0.475. The Balaban J connectivity index is 1.39. The smallest absolute Gasteiger partial charge is 0.331 e. The van der Waals surface area contributed by atoms with Crippen LogP contribution in [0.25, 0.3) is 0 Å². The zero-order valence-corrected chi connectivity index (χ0v) is 18.5. The van der Waals surface area contributed by atoms with Crippen molar-refractivity contribution in [2.45, 2.75) is 44.6 Å². The quantitative estimate of drug-likeness (QED) is 0.509. The third-order valence-corrected chi connectivity index (χ3v) is 6.69. The molecule has 0 amide bonds. The molecule has 166 valence electrons. The highest BCUT2D eigenvalue weighted by atomic mass is 16.9. The van der Waals surface area contributed by atoms with Gasteiger partial charge in [-0.05, 0) is 48.2 Å². The van der Waals surface area contributed by atoms with E-state index in [-0.39, 0.29) is 24.4 Å². The van der Waals surface area contributed by atoms with Gasteiger partial charge in [0.15, 0.2) is 5.78 Å². The van der Waals surface area contributed by atoms with E-state index in [0.29, 0.717) is 16.9 Å². The Labute approximate surface area is 192 Å². The molecule has 3 aromatic rings. The van der Waals surface area contributed by atoms with Crippen molar-refractivity contribution in [2.75, 3.05) is 0 Å². The van der Waals surface area contributed by atoms with Crippen LogP contribution in [0.4, 0.5) is 0 Å². The summed E-state index contributed by atoms with van der Waals surface area (Å²) in [5, 5.41) is 0. The summed E-state index contributed by atoms with van der Waals surface area (Å²) < 4.78 is 25.4. The first kappa shape index (κ1) is 20.2. The van der Waals surface area contributed by atoms with Crippen LogP contribution < -0.4 is 4.74 Å². The number of ketones is 1. The molecule has 3 aromatic carbocycles. The van der Waals surface area contributed by atoms with Gasteiger partial charge in [0.25, 0.3) is 0 Å². The van der Waals surface area contributed by atoms with E-state index >= 15 is 0 Å². The SMILES string of the molecule is Cc1ccccc1[C@@H]1OC2(C[C@H]3Oc4ccccc4C(=O)C3=CO2)O[C@H]1c1ccccc1C. The Morgan fingerprint density at radius 2 is 1.36 bits per heavy atom. The van der Waals surface area contributed by atoms with Gasteiger partial charge in [0.05, 0.1) is 17.6 Å². The summed E-state index contributed by atoms with van der Waals surface area (Å²) in [4.78, 5) is 13.0. The summed E-state index contributed by atoms with van der Waals surface area (Å²) in [6, 6.07) is 23.6. The van der Waals surface area contributed by atoms with E-state index in [4.69, 9.17) is 18.9 Å². The number of carbonyl (C=O) groups excluding carboxylic acids is 1. The normalized spacial score (nSPS) is 25.0. The monoisotopic (exact) mass is 440 g/mol. The summed E-state index contributed by atoms with van der Waals surface area (Å²) in [7, 11) is 0. The highest BCUT2D eigenvalue weighted by Crippen LogP contribution is 2.53. The van der Waals surface area contributed by atoms with Crippen molar-refractivity contribution < 1.29 is 23.7 Å². The van der Waals surface area contributed by atoms with Gasteiger partial charge in [-0.3, -0.25) is 4.79 Å². The van der Waals surface area contributed by atoms with Crippen molar-refractivity contribution in [2.24, 2.45) is 0 Å². The van der Waals surface area contributed by atoms with Crippen LogP contribution in [0.2, 0.25) is 0 Å². The van der Waals surface area contributed by atoms with Gasteiger partial charge in [-0.2, -0.15) is 0 Å². The van der Waals surface area contributed by atoms with Gasteiger partial charge in [0.1, 0.15) is 30.3 Å². The molecule has 3 aliphatic heterocycles. The molecule has 1 spiro atoms. The Hall–Kier alpha value is -3.41. The fourth-order valence-electron chi connectivity index (χ4n) is 4.94. The molecule has 0 radical (unpaired) electrons. The number of Topliss-reactive ketones (excluding diaryl/α,β-unsaturated/α-hetero) is 1. The molecular formula is C28H24O5. The number of fused-ring (bicyclic) bond motifs is 2. The minimum Gasteiger partial charge on any atom is -0.484 e. The van der Waals surface area contributed by atoms with Gasteiger partial charge in [-0.25, -0.2) is 0 Å². The third kappa shape index (κ3) is 3.27. The van der Waals surface area contributed by atoms with Crippen LogP contribution in [-0.2, 0) is 14.2 Å². The number of rotatable bonds is 2. The molecular weight excluding hydrogens is 416 g/mol. The van der Waals surface area contributed by atoms with Crippen LogP contribution >= 0.6 is 0 Å². The van der Waals surface area contributed by atoms with Gasteiger partial charge in [-0.1, -0.05) is 60.7 Å². The molecule has 0 aliphatic carbocycles. The molecule has 6 rings (SSSR count). The Morgan fingerprint density at radius 3 is 2.00 bits per heavy atom. The first-order chi connectivity index (χ1) is 16.0. The molecule has 3 atom stereocenters. The van der Waals surface area contributed by atoms with Crippen LogP contribution in [-0.4, -0.2) is 17.9 Å². The van der Waals surface area contributed by atoms with Crippen molar-refractivity contribution in [1.82, 2.24) is 0 Å². The molecule has 0 unspecified atom stereocenters. The van der Waals surface area contributed by atoms with E-state index in [2.05, 4.69) is 38.1 Å². The highest BCUT2D eigenvalue weighted by Gasteiger charge is 2.56. The third-order valence-electron chi connectivity index (χ3n) is 6.69. The van der Waals surface area contributed by atoms with Crippen molar-refractivity contribution in [3.8, 4) is 5.75 Å². The molecule has 3 aliphatic rings. The minimum absolute atomic E-state index is 0.0828. The number of ether oxygens (including phenoxy) is 4.